The predicted octanol–water partition coefficient (Wildman–Crippen LogP) is 3.73. The first-order valence-electron chi connectivity index (χ1n) is 11.0. The molecule has 10 heteroatoms. The van der Waals surface area contributed by atoms with Gasteiger partial charge in [-0.05, 0) is 30.5 Å². The summed E-state index contributed by atoms with van der Waals surface area (Å²) < 4.78 is 30.4. The van der Waals surface area contributed by atoms with Gasteiger partial charge in [0.1, 0.15) is 22.5 Å². The Morgan fingerprint density at radius 1 is 1.03 bits per heavy atom. The molecule has 1 aliphatic rings. The number of hydrogen-bond acceptors (Lipinski definition) is 6. The lowest BCUT2D eigenvalue weighted by atomic mass is 10.1. The van der Waals surface area contributed by atoms with Gasteiger partial charge in [0.25, 0.3) is 5.56 Å². The zero-order valence-corrected chi connectivity index (χ0v) is 17.9. The average molecular weight is 459 g/mol. The number of imidazole rings is 1. The molecule has 4 heterocycles. The minimum atomic E-state index is -0.879. The molecule has 1 N–H and O–H groups in total. The van der Waals surface area contributed by atoms with Gasteiger partial charge in [-0.3, -0.25) is 9.36 Å². The SMILES string of the molecule is O=c1c2c(F)cccc2nc([C@@H]2CCCN2c2nc(F)nc3nc[nH]c23)n1Cc1ccccc1. The van der Waals surface area contributed by atoms with Crippen molar-refractivity contribution in [3.63, 3.8) is 0 Å². The second-order valence-corrected chi connectivity index (χ2v) is 8.25. The van der Waals surface area contributed by atoms with E-state index in [0.29, 0.717) is 30.1 Å². The summed E-state index contributed by atoms with van der Waals surface area (Å²) in [6.45, 7) is 0.811. The van der Waals surface area contributed by atoms with E-state index in [2.05, 4.69) is 19.9 Å². The summed E-state index contributed by atoms with van der Waals surface area (Å²) in [6, 6.07) is 13.5. The van der Waals surface area contributed by atoms with E-state index >= 15 is 0 Å². The Kier molecular flexibility index (Phi) is 4.79. The van der Waals surface area contributed by atoms with Crippen molar-refractivity contribution in [1.29, 1.82) is 0 Å². The number of nitrogens with zero attached hydrogens (tertiary/aromatic N) is 6. The summed E-state index contributed by atoms with van der Waals surface area (Å²) in [6.07, 6.45) is 2.02. The van der Waals surface area contributed by atoms with Gasteiger partial charge in [-0.25, -0.2) is 14.4 Å². The van der Waals surface area contributed by atoms with Crippen LogP contribution in [0.2, 0.25) is 0 Å². The highest BCUT2D eigenvalue weighted by atomic mass is 19.1. The van der Waals surface area contributed by atoms with Crippen LogP contribution in [0.1, 0.15) is 30.3 Å². The van der Waals surface area contributed by atoms with Crippen LogP contribution in [0.15, 0.2) is 59.7 Å². The van der Waals surface area contributed by atoms with E-state index in [1.807, 2.05) is 35.2 Å². The Morgan fingerprint density at radius 2 is 1.88 bits per heavy atom. The Hall–Kier alpha value is -4.21. The van der Waals surface area contributed by atoms with E-state index in [9.17, 15) is 13.6 Å². The molecule has 5 aromatic rings. The molecule has 0 radical (unpaired) electrons. The third-order valence-corrected chi connectivity index (χ3v) is 6.21. The third kappa shape index (κ3) is 3.30. The largest absolute Gasteiger partial charge is 0.344 e. The third-order valence-electron chi connectivity index (χ3n) is 6.21. The number of halogens is 2. The van der Waals surface area contributed by atoms with E-state index < -0.39 is 17.5 Å². The van der Waals surface area contributed by atoms with Crippen LogP contribution < -0.4 is 10.5 Å². The quantitative estimate of drug-likeness (QED) is 0.412. The van der Waals surface area contributed by atoms with Gasteiger partial charge in [0, 0.05) is 6.54 Å². The summed E-state index contributed by atoms with van der Waals surface area (Å²) >= 11 is 0. The topological polar surface area (TPSA) is 92.6 Å². The van der Waals surface area contributed by atoms with E-state index in [1.165, 1.54) is 23.0 Å². The van der Waals surface area contributed by atoms with Crippen molar-refractivity contribution in [2.45, 2.75) is 25.4 Å². The van der Waals surface area contributed by atoms with Crippen LogP contribution in [0.3, 0.4) is 0 Å². The van der Waals surface area contributed by atoms with Crippen molar-refractivity contribution in [2.75, 3.05) is 11.4 Å². The molecule has 0 saturated carbocycles. The fraction of sp³-hybridized carbons (Fsp3) is 0.208. The Bertz CT molecular complexity index is 1580. The molecular weight excluding hydrogens is 440 g/mol. The maximum Gasteiger partial charge on any atom is 0.312 e. The fourth-order valence-electron chi connectivity index (χ4n) is 4.70. The molecule has 0 bridgehead atoms. The molecule has 34 heavy (non-hydrogen) atoms. The Balaban J connectivity index is 1.56. The molecule has 0 unspecified atom stereocenters. The standard InChI is InChI=1S/C24H19F2N7O/c25-15-8-4-9-16-18(15)23(34)33(12-14-6-2-1-3-7-14)21(29-16)17-10-5-11-32(17)22-19-20(28-13-27-19)30-24(26)31-22/h1-4,6-9,13,17H,5,10-12H2,(H,27,28,30,31)/t17-/m0/s1. The highest BCUT2D eigenvalue weighted by Crippen LogP contribution is 2.37. The van der Waals surface area contributed by atoms with Gasteiger partial charge < -0.3 is 9.88 Å². The molecule has 170 valence electrons. The molecule has 1 atom stereocenters. The number of nitrogens with one attached hydrogen (secondary N) is 1. The van der Waals surface area contributed by atoms with Crippen molar-refractivity contribution in [1.82, 2.24) is 29.5 Å². The van der Waals surface area contributed by atoms with Gasteiger partial charge in [0.2, 0.25) is 0 Å². The number of aromatic amines is 1. The van der Waals surface area contributed by atoms with Crippen molar-refractivity contribution in [3.8, 4) is 0 Å². The van der Waals surface area contributed by atoms with E-state index in [0.717, 1.165) is 12.0 Å². The van der Waals surface area contributed by atoms with Gasteiger partial charge in [-0.15, -0.1) is 0 Å². The molecule has 8 nitrogen and oxygen atoms in total. The molecule has 1 saturated heterocycles. The summed E-state index contributed by atoms with van der Waals surface area (Å²) in [7, 11) is 0. The molecule has 1 aliphatic heterocycles. The second kappa shape index (κ2) is 7.98. The first kappa shape index (κ1) is 20.4. The minimum Gasteiger partial charge on any atom is -0.344 e. The van der Waals surface area contributed by atoms with Crippen molar-refractivity contribution in [3.05, 3.63) is 88.5 Å². The summed E-state index contributed by atoms with van der Waals surface area (Å²) in [5.74, 6) is 0.238. The first-order valence-corrected chi connectivity index (χ1v) is 11.0. The summed E-state index contributed by atoms with van der Waals surface area (Å²) in [5, 5.41) is -0.0456. The van der Waals surface area contributed by atoms with E-state index in [4.69, 9.17) is 4.98 Å². The lowest BCUT2D eigenvalue weighted by Crippen LogP contribution is -2.33. The molecular formula is C24H19F2N7O. The smallest absolute Gasteiger partial charge is 0.312 e. The predicted molar refractivity (Wildman–Crippen MR) is 122 cm³/mol. The number of H-pyrrole nitrogens is 1. The number of hydrogen-bond donors (Lipinski definition) is 1. The van der Waals surface area contributed by atoms with E-state index in [-0.39, 0.29) is 29.1 Å². The molecule has 6 rings (SSSR count). The van der Waals surface area contributed by atoms with Crippen molar-refractivity contribution >= 4 is 27.9 Å². The number of benzene rings is 2. The van der Waals surface area contributed by atoms with Crippen molar-refractivity contribution in [2.24, 2.45) is 0 Å². The summed E-state index contributed by atoms with van der Waals surface area (Å²) in [4.78, 5) is 35.1. The molecule has 0 amide bonds. The molecule has 0 spiro atoms. The summed E-state index contributed by atoms with van der Waals surface area (Å²) in [5.41, 5.74) is 1.46. The molecule has 1 fully saturated rings. The van der Waals surface area contributed by atoms with Crippen LogP contribution in [0.4, 0.5) is 14.6 Å². The molecule has 3 aromatic heterocycles. The van der Waals surface area contributed by atoms with Crippen molar-refractivity contribution < 1.29 is 8.78 Å². The zero-order valence-electron chi connectivity index (χ0n) is 17.9. The lowest BCUT2D eigenvalue weighted by molar-refractivity contribution is 0.535. The lowest BCUT2D eigenvalue weighted by Gasteiger charge is -2.27. The van der Waals surface area contributed by atoms with Crippen LogP contribution in [-0.4, -0.2) is 36.0 Å². The number of anilines is 1. The van der Waals surface area contributed by atoms with E-state index in [1.54, 1.807) is 6.07 Å². The van der Waals surface area contributed by atoms with Gasteiger partial charge >= 0.3 is 6.08 Å². The van der Waals surface area contributed by atoms with Gasteiger partial charge in [0.15, 0.2) is 11.5 Å². The molecule has 0 aliphatic carbocycles. The van der Waals surface area contributed by atoms with Crippen LogP contribution in [0.25, 0.3) is 22.1 Å². The van der Waals surface area contributed by atoms with Gasteiger partial charge in [-0.1, -0.05) is 36.4 Å². The van der Waals surface area contributed by atoms with Crippen LogP contribution in [0, 0.1) is 11.9 Å². The Labute approximate surface area is 191 Å². The maximum atomic E-state index is 14.7. The second-order valence-electron chi connectivity index (χ2n) is 8.25. The normalized spacial score (nSPS) is 16.1. The van der Waals surface area contributed by atoms with Gasteiger partial charge in [0.05, 0.1) is 24.4 Å². The zero-order chi connectivity index (χ0) is 23.2. The number of rotatable bonds is 4. The minimum absolute atomic E-state index is 0.0456. The maximum absolute atomic E-state index is 14.7. The monoisotopic (exact) mass is 459 g/mol. The Morgan fingerprint density at radius 3 is 2.74 bits per heavy atom. The first-order chi connectivity index (χ1) is 16.6. The van der Waals surface area contributed by atoms with Crippen LogP contribution in [-0.2, 0) is 6.54 Å². The van der Waals surface area contributed by atoms with Crippen LogP contribution >= 0.6 is 0 Å². The van der Waals surface area contributed by atoms with Gasteiger partial charge in [-0.2, -0.15) is 14.4 Å². The number of aromatic nitrogens is 6. The fourth-order valence-corrected chi connectivity index (χ4v) is 4.70. The average Bonchev–Trinajstić information content (AvgIpc) is 3.50. The highest BCUT2D eigenvalue weighted by molar-refractivity contribution is 5.83. The molecule has 2 aromatic carbocycles. The highest BCUT2D eigenvalue weighted by Gasteiger charge is 2.33. The number of fused-ring (bicyclic) bond motifs is 2. The van der Waals surface area contributed by atoms with Crippen LogP contribution in [0.5, 0.6) is 0 Å².